The highest BCUT2D eigenvalue weighted by molar-refractivity contribution is 5.26. The molecule has 1 aromatic carbocycles. The molecule has 102 valence electrons. The van der Waals surface area contributed by atoms with Gasteiger partial charge in [0.1, 0.15) is 6.10 Å². The van der Waals surface area contributed by atoms with Crippen LogP contribution >= 0.6 is 0 Å². The summed E-state index contributed by atoms with van der Waals surface area (Å²) in [5, 5.41) is 9.39. The molecule has 0 saturated heterocycles. The first-order chi connectivity index (χ1) is 8.41. The second kappa shape index (κ2) is 6.10. The second-order valence-corrected chi connectivity index (χ2v) is 3.57. The largest absolute Gasteiger partial charge is 0.386 e. The third-order valence-electron chi connectivity index (χ3n) is 2.20. The van der Waals surface area contributed by atoms with Gasteiger partial charge in [-0.25, -0.2) is 22.0 Å². The average molecular weight is 270 g/mol. The van der Waals surface area contributed by atoms with Crippen molar-refractivity contribution in [2.24, 2.45) is 0 Å². The van der Waals surface area contributed by atoms with Gasteiger partial charge in [0, 0.05) is 6.61 Å². The van der Waals surface area contributed by atoms with Crippen LogP contribution in [0.25, 0.3) is 0 Å². The van der Waals surface area contributed by atoms with Crippen LogP contribution in [-0.4, -0.2) is 18.3 Å². The minimum Gasteiger partial charge on any atom is -0.386 e. The molecule has 0 heterocycles. The Hall–Kier alpha value is -1.21. The van der Waals surface area contributed by atoms with E-state index in [2.05, 4.69) is 0 Å². The van der Waals surface area contributed by atoms with E-state index in [1.54, 1.807) is 6.92 Å². The zero-order chi connectivity index (χ0) is 13.9. The van der Waals surface area contributed by atoms with Crippen molar-refractivity contribution >= 4 is 0 Å². The first-order valence-electron chi connectivity index (χ1n) is 5.18. The molecule has 1 aromatic rings. The fourth-order valence-electron chi connectivity index (χ4n) is 1.34. The molecule has 2 nitrogen and oxygen atoms in total. The quantitative estimate of drug-likeness (QED) is 0.386. The molecule has 0 aliphatic heterocycles. The van der Waals surface area contributed by atoms with Crippen LogP contribution in [0.2, 0.25) is 0 Å². The topological polar surface area (TPSA) is 29.5 Å². The van der Waals surface area contributed by atoms with E-state index in [1.807, 2.05) is 0 Å². The predicted molar refractivity (Wildman–Crippen MR) is 52.3 cm³/mol. The minimum atomic E-state index is -2.25. The molecule has 0 aromatic heterocycles. The van der Waals surface area contributed by atoms with Gasteiger partial charge in [-0.15, -0.1) is 0 Å². The summed E-state index contributed by atoms with van der Waals surface area (Å²) in [6, 6.07) is 0. The molecule has 1 N–H and O–H groups in total. The van der Waals surface area contributed by atoms with E-state index >= 15 is 0 Å². The molecule has 0 bridgehead atoms. The van der Waals surface area contributed by atoms with Crippen molar-refractivity contribution < 1.29 is 31.8 Å². The van der Waals surface area contributed by atoms with E-state index in [-0.39, 0.29) is 6.61 Å². The zero-order valence-electron chi connectivity index (χ0n) is 9.44. The Morgan fingerprint density at radius 2 is 1.39 bits per heavy atom. The van der Waals surface area contributed by atoms with Crippen LogP contribution in [0, 0.1) is 29.1 Å². The second-order valence-electron chi connectivity index (χ2n) is 3.57. The molecular formula is C11H11F5O2. The molecule has 0 saturated carbocycles. The van der Waals surface area contributed by atoms with Crippen molar-refractivity contribution in [3.63, 3.8) is 0 Å². The summed E-state index contributed by atoms with van der Waals surface area (Å²) in [6.45, 7) is 1.41. The van der Waals surface area contributed by atoms with Gasteiger partial charge in [-0.1, -0.05) is 6.92 Å². The number of benzene rings is 1. The lowest BCUT2D eigenvalue weighted by atomic mass is 10.1. The third-order valence-corrected chi connectivity index (χ3v) is 2.20. The molecular weight excluding hydrogens is 259 g/mol. The number of ether oxygens (including phenoxy) is 1. The minimum absolute atomic E-state index is 0.201. The van der Waals surface area contributed by atoms with Crippen LogP contribution < -0.4 is 0 Å². The summed E-state index contributed by atoms with van der Waals surface area (Å²) in [5.74, 6) is -10.5. The lowest BCUT2D eigenvalue weighted by Crippen LogP contribution is -2.15. The molecule has 0 aliphatic carbocycles. The van der Waals surface area contributed by atoms with Crippen LogP contribution in [0.15, 0.2) is 0 Å². The Kier molecular flexibility index (Phi) is 5.03. The number of hydrogen-bond donors (Lipinski definition) is 1. The van der Waals surface area contributed by atoms with Gasteiger partial charge in [0.15, 0.2) is 23.3 Å². The van der Waals surface area contributed by atoms with E-state index in [9.17, 15) is 27.1 Å². The van der Waals surface area contributed by atoms with Gasteiger partial charge in [-0.2, -0.15) is 0 Å². The number of aliphatic hydroxyl groups excluding tert-OH is 1. The summed E-state index contributed by atoms with van der Waals surface area (Å²) < 4.78 is 69.7. The first-order valence-corrected chi connectivity index (χ1v) is 5.18. The Labute approximate surface area is 100.0 Å². The number of rotatable bonds is 5. The normalized spacial score (nSPS) is 12.8. The van der Waals surface area contributed by atoms with E-state index in [0.717, 1.165) is 0 Å². The van der Waals surface area contributed by atoms with Crippen molar-refractivity contribution in [3.8, 4) is 0 Å². The highest BCUT2D eigenvalue weighted by Crippen LogP contribution is 2.27. The first kappa shape index (κ1) is 14.8. The molecule has 0 radical (unpaired) electrons. The zero-order valence-corrected chi connectivity index (χ0v) is 9.44. The van der Waals surface area contributed by atoms with Gasteiger partial charge in [0.25, 0.3) is 0 Å². The van der Waals surface area contributed by atoms with Crippen molar-refractivity contribution in [3.05, 3.63) is 34.6 Å². The van der Waals surface area contributed by atoms with E-state index in [4.69, 9.17) is 4.74 Å². The van der Waals surface area contributed by atoms with Gasteiger partial charge < -0.3 is 9.84 Å². The third kappa shape index (κ3) is 2.78. The fraction of sp³-hybridized carbons (Fsp3) is 0.455. The summed E-state index contributed by atoms with van der Waals surface area (Å²) in [4.78, 5) is 0. The van der Waals surface area contributed by atoms with Gasteiger partial charge in [-0.05, 0) is 6.42 Å². The standard InChI is InChI=1S/C11H11F5O2/c1-2-3-18-4-5(17)6-7(12)9(14)11(16)10(15)8(6)13/h5,17H,2-4H2,1H3. The molecule has 0 fully saturated rings. The molecule has 1 atom stereocenters. The lowest BCUT2D eigenvalue weighted by Gasteiger charge is -2.14. The SMILES string of the molecule is CCCOCC(O)c1c(F)c(F)c(F)c(F)c1F. The van der Waals surface area contributed by atoms with Crippen molar-refractivity contribution in [1.29, 1.82) is 0 Å². The van der Waals surface area contributed by atoms with Crippen LogP contribution in [-0.2, 0) is 4.74 Å². The summed E-state index contributed by atoms with van der Waals surface area (Å²) >= 11 is 0. The monoisotopic (exact) mass is 270 g/mol. The maximum Gasteiger partial charge on any atom is 0.200 e. The van der Waals surface area contributed by atoms with E-state index in [0.29, 0.717) is 6.42 Å². The van der Waals surface area contributed by atoms with Gasteiger partial charge in [0.05, 0.1) is 12.2 Å². The van der Waals surface area contributed by atoms with Crippen molar-refractivity contribution in [2.75, 3.05) is 13.2 Å². The Morgan fingerprint density at radius 3 is 1.83 bits per heavy atom. The Balaban J connectivity index is 3.08. The Morgan fingerprint density at radius 1 is 0.944 bits per heavy atom. The van der Waals surface area contributed by atoms with Crippen molar-refractivity contribution in [1.82, 2.24) is 0 Å². The lowest BCUT2D eigenvalue weighted by molar-refractivity contribution is 0.0317. The maximum atomic E-state index is 13.2. The van der Waals surface area contributed by atoms with Crippen molar-refractivity contribution in [2.45, 2.75) is 19.4 Å². The summed E-state index contributed by atoms with van der Waals surface area (Å²) in [5.41, 5.74) is -1.28. The molecule has 0 amide bonds. The predicted octanol–water partition coefficient (Wildman–Crippen LogP) is 2.84. The molecule has 1 unspecified atom stereocenters. The smallest absolute Gasteiger partial charge is 0.200 e. The summed E-state index contributed by atoms with van der Waals surface area (Å²) in [6.07, 6.45) is -1.33. The van der Waals surface area contributed by atoms with Crippen LogP contribution in [0.4, 0.5) is 22.0 Å². The highest BCUT2D eigenvalue weighted by Gasteiger charge is 2.29. The summed E-state index contributed by atoms with van der Waals surface area (Å²) in [7, 11) is 0. The maximum absolute atomic E-state index is 13.2. The average Bonchev–Trinajstić information content (AvgIpc) is 2.34. The number of hydrogen-bond acceptors (Lipinski definition) is 2. The van der Waals surface area contributed by atoms with Gasteiger partial charge >= 0.3 is 0 Å². The molecule has 1 rings (SSSR count). The molecule has 0 spiro atoms. The van der Waals surface area contributed by atoms with E-state index < -0.39 is 47.4 Å². The van der Waals surface area contributed by atoms with Gasteiger partial charge in [0.2, 0.25) is 5.82 Å². The fourth-order valence-corrected chi connectivity index (χ4v) is 1.34. The van der Waals surface area contributed by atoms with Crippen LogP contribution in [0.3, 0.4) is 0 Å². The van der Waals surface area contributed by atoms with E-state index in [1.165, 1.54) is 0 Å². The molecule has 0 aliphatic rings. The van der Waals surface area contributed by atoms with Crippen LogP contribution in [0.1, 0.15) is 25.0 Å². The van der Waals surface area contributed by atoms with Gasteiger partial charge in [-0.3, -0.25) is 0 Å². The Bertz CT molecular complexity index is 407. The molecule has 7 heteroatoms. The number of aliphatic hydroxyl groups is 1. The highest BCUT2D eigenvalue weighted by atomic mass is 19.2. The number of halogens is 5. The van der Waals surface area contributed by atoms with Crippen LogP contribution in [0.5, 0.6) is 0 Å². The molecule has 18 heavy (non-hydrogen) atoms.